The van der Waals surface area contributed by atoms with Crippen molar-refractivity contribution in [2.75, 3.05) is 14.2 Å². The molecule has 0 aliphatic heterocycles. The van der Waals surface area contributed by atoms with Gasteiger partial charge in [0.25, 0.3) is 5.88 Å². The van der Waals surface area contributed by atoms with Crippen molar-refractivity contribution in [3.05, 3.63) is 46.4 Å². The third-order valence-electron chi connectivity index (χ3n) is 4.55. The minimum absolute atomic E-state index is 0.0278. The lowest BCUT2D eigenvalue weighted by molar-refractivity contribution is 0.285. The molecular weight excluding hydrogens is 378 g/mol. The molecule has 144 valence electrons. The molecule has 0 atom stereocenters. The van der Waals surface area contributed by atoms with Crippen molar-refractivity contribution in [3.63, 3.8) is 0 Å². The summed E-state index contributed by atoms with van der Waals surface area (Å²) in [6.07, 6.45) is 3.47. The maximum absolute atomic E-state index is 10.7. The molecule has 8 heteroatoms. The van der Waals surface area contributed by atoms with Crippen molar-refractivity contribution in [2.24, 2.45) is 0 Å². The minimum atomic E-state index is -0.0278. The summed E-state index contributed by atoms with van der Waals surface area (Å²) in [5.41, 5.74) is 3.85. The number of methoxy groups -OCH3 is 2. The van der Waals surface area contributed by atoms with Crippen molar-refractivity contribution < 1.29 is 19.7 Å². The third-order valence-corrected chi connectivity index (χ3v) is 5.46. The Kier molecular flexibility index (Phi) is 4.66. The number of pyridine rings is 2. The first-order chi connectivity index (χ1) is 13.5. The number of aromatic nitrogens is 3. The van der Waals surface area contributed by atoms with Gasteiger partial charge < -0.3 is 19.7 Å². The van der Waals surface area contributed by atoms with Crippen LogP contribution in [0.5, 0.6) is 17.5 Å². The van der Waals surface area contributed by atoms with Crippen molar-refractivity contribution in [1.29, 1.82) is 0 Å². The molecule has 0 spiro atoms. The Morgan fingerprint density at radius 1 is 1.18 bits per heavy atom. The molecule has 0 fully saturated rings. The highest BCUT2D eigenvalue weighted by molar-refractivity contribution is 7.10. The number of ether oxygens (including phenoxy) is 2. The van der Waals surface area contributed by atoms with Gasteiger partial charge in [-0.2, -0.15) is 0 Å². The fraction of sp³-hybridized carbons (Fsp3) is 0.200. The Morgan fingerprint density at radius 3 is 2.68 bits per heavy atom. The van der Waals surface area contributed by atoms with E-state index in [0.29, 0.717) is 22.5 Å². The third kappa shape index (κ3) is 2.96. The molecule has 0 unspecified atom stereocenters. The van der Waals surface area contributed by atoms with Crippen LogP contribution in [0.4, 0.5) is 0 Å². The van der Waals surface area contributed by atoms with E-state index in [0.717, 1.165) is 27.4 Å². The van der Waals surface area contributed by atoms with Gasteiger partial charge in [0.1, 0.15) is 0 Å². The summed E-state index contributed by atoms with van der Waals surface area (Å²) in [5, 5.41) is 22.6. The molecule has 0 aliphatic rings. The van der Waals surface area contributed by atoms with Crippen LogP contribution in [0.25, 0.3) is 27.8 Å². The van der Waals surface area contributed by atoms with Crippen molar-refractivity contribution in [1.82, 2.24) is 14.5 Å². The van der Waals surface area contributed by atoms with Gasteiger partial charge in [-0.1, -0.05) is 0 Å². The highest BCUT2D eigenvalue weighted by atomic mass is 32.1. The predicted octanol–water partition coefficient (Wildman–Crippen LogP) is 3.67. The lowest BCUT2D eigenvalue weighted by atomic mass is 10.1. The molecule has 4 heterocycles. The van der Waals surface area contributed by atoms with Crippen LogP contribution in [0.1, 0.15) is 10.4 Å². The summed E-state index contributed by atoms with van der Waals surface area (Å²) in [6, 6.07) is 5.57. The number of aliphatic hydroxyl groups excluding tert-OH is 1. The van der Waals surface area contributed by atoms with Gasteiger partial charge in [0.2, 0.25) is 5.88 Å². The molecule has 7 nitrogen and oxygen atoms in total. The molecule has 0 saturated carbocycles. The Balaban J connectivity index is 1.85. The molecular formula is C20H19N3O4S. The van der Waals surface area contributed by atoms with E-state index in [1.807, 2.05) is 30.5 Å². The number of nitrogens with zero attached hydrogens (tertiary/aromatic N) is 3. The summed E-state index contributed by atoms with van der Waals surface area (Å²) < 4.78 is 12.2. The van der Waals surface area contributed by atoms with Gasteiger partial charge >= 0.3 is 0 Å². The second-order valence-electron chi connectivity index (χ2n) is 6.27. The molecule has 2 N–H and O–H groups in total. The Bertz CT molecular complexity index is 1170. The van der Waals surface area contributed by atoms with Crippen LogP contribution in [-0.4, -0.2) is 39.0 Å². The lowest BCUT2D eigenvalue weighted by Gasteiger charge is -2.09. The van der Waals surface area contributed by atoms with Crippen molar-refractivity contribution in [2.45, 2.75) is 13.5 Å². The van der Waals surface area contributed by atoms with Crippen molar-refractivity contribution >= 4 is 22.2 Å². The molecule has 0 saturated heterocycles. The van der Waals surface area contributed by atoms with Crippen LogP contribution in [0.15, 0.2) is 36.0 Å². The molecule has 0 radical (unpaired) electrons. The maximum Gasteiger partial charge on any atom is 0.256 e. The number of rotatable bonds is 5. The summed E-state index contributed by atoms with van der Waals surface area (Å²) in [6.45, 7) is 1.90. The molecule has 4 aromatic rings. The van der Waals surface area contributed by atoms with E-state index in [1.165, 1.54) is 18.4 Å². The van der Waals surface area contributed by atoms with Gasteiger partial charge in [-0.25, -0.2) is 9.97 Å². The first-order valence-electron chi connectivity index (χ1n) is 8.54. The van der Waals surface area contributed by atoms with Crippen LogP contribution in [0.2, 0.25) is 0 Å². The number of thiophene rings is 1. The van der Waals surface area contributed by atoms with E-state index < -0.39 is 0 Å². The summed E-state index contributed by atoms with van der Waals surface area (Å²) in [7, 11) is 3.10. The molecule has 4 aromatic heterocycles. The smallest absolute Gasteiger partial charge is 0.256 e. The SMILES string of the molecule is COc1cc(-c2cc(C)c3c(O)n(-c4csc(CO)c4)cc3n2)cnc1OC. The molecule has 0 bridgehead atoms. The first kappa shape index (κ1) is 18.3. The number of aliphatic hydroxyl groups is 1. The van der Waals surface area contributed by atoms with Gasteiger partial charge in [0, 0.05) is 28.2 Å². The lowest BCUT2D eigenvalue weighted by Crippen LogP contribution is -1.95. The van der Waals surface area contributed by atoms with Gasteiger partial charge in [-0.05, 0) is 30.7 Å². The van der Waals surface area contributed by atoms with Crippen LogP contribution in [-0.2, 0) is 6.61 Å². The van der Waals surface area contributed by atoms with E-state index in [1.54, 1.807) is 24.1 Å². The number of aromatic hydroxyl groups is 1. The quantitative estimate of drug-likeness (QED) is 0.534. The Morgan fingerprint density at radius 2 is 2.00 bits per heavy atom. The van der Waals surface area contributed by atoms with E-state index in [4.69, 9.17) is 14.5 Å². The van der Waals surface area contributed by atoms with Gasteiger partial charge in [0.15, 0.2) is 5.75 Å². The topological polar surface area (TPSA) is 89.6 Å². The number of hydrogen-bond donors (Lipinski definition) is 2. The fourth-order valence-electron chi connectivity index (χ4n) is 3.18. The Labute approximate surface area is 165 Å². The summed E-state index contributed by atoms with van der Waals surface area (Å²) >= 11 is 1.44. The zero-order valence-corrected chi connectivity index (χ0v) is 16.4. The monoisotopic (exact) mass is 397 g/mol. The number of aryl methyl sites for hydroxylation is 1. The van der Waals surface area contributed by atoms with E-state index in [9.17, 15) is 10.2 Å². The second kappa shape index (κ2) is 7.14. The molecule has 0 amide bonds. The number of fused-ring (bicyclic) bond motifs is 1. The minimum Gasteiger partial charge on any atom is -0.494 e. The summed E-state index contributed by atoms with van der Waals surface area (Å²) in [5.74, 6) is 1.05. The van der Waals surface area contributed by atoms with Gasteiger partial charge in [0.05, 0.1) is 43.1 Å². The number of hydrogen-bond acceptors (Lipinski definition) is 7. The Hall–Kier alpha value is -3.10. The van der Waals surface area contributed by atoms with Crippen LogP contribution >= 0.6 is 11.3 Å². The summed E-state index contributed by atoms with van der Waals surface area (Å²) in [4.78, 5) is 9.81. The molecule has 28 heavy (non-hydrogen) atoms. The molecule has 0 aliphatic carbocycles. The highest BCUT2D eigenvalue weighted by Crippen LogP contribution is 2.36. The predicted molar refractivity (Wildman–Crippen MR) is 108 cm³/mol. The van der Waals surface area contributed by atoms with Gasteiger partial charge in [-0.3, -0.25) is 4.57 Å². The first-order valence-corrected chi connectivity index (χ1v) is 9.42. The zero-order chi connectivity index (χ0) is 19.8. The van der Waals surface area contributed by atoms with Crippen molar-refractivity contribution in [3.8, 4) is 34.5 Å². The average Bonchev–Trinajstić information content (AvgIpc) is 3.31. The maximum atomic E-state index is 10.7. The molecule has 0 aromatic carbocycles. The fourth-order valence-corrected chi connectivity index (χ4v) is 3.90. The second-order valence-corrected chi connectivity index (χ2v) is 7.27. The largest absolute Gasteiger partial charge is 0.494 e. The van der Waals surface area contributed by atoms with E-state index in [-0.39, 0.29) is 12.5 Å². The normalized spacial score (nSPS) is 11.1. The molecule has 4 rings (SSSR count). The van der Waals surface area contributed by atoms with E-state index >= 15 is 0 Å². The van der Waals surface area contributed by atoms with Crippen LogP contribution in [0.3, 0.4) is 0 Å². The van der Waals surface area contributed by atoms with E-state index in [2.05, 4.69) is 4.98 Å². The zero-order valence-electron chi connectivity index (χ0n) is 15.6. The van der Waals surface area contributed by atoms with Gasteiger partial charge in [-0.15, -0.1) is 11.3 Å². The van der Waals surface area contributed by atoms with Crippen LogP contribution < -0.4 is 9.47 Å². The average molecular weight is 397 g/mol. The highest BCUT2D eigenvalue weighted by Gasteiger charge is 2.17. The van der Waals surface area contributed by atoms with Crippen LogP contribution in [0, 0.1) is 6.92 Å². The standard InChI is InChI=1S/C20H19N3O4S/c1-11-4-15(12-5-17(26-2)19(27-3)21-7-12)22-16-8-23(20(25)18(11)16)13-6-14(9-24)28-10-13/h4-8,10,24-25H,9H2,1-3H3.